The van der Waals surface area contributed by atoms with Gasteiger partial charge in [-0.15, -0.1) is 0 Å². The van der Waals surface area contributed by atoms with Gasteiger partial charge >= 0.3 is 0 Å². The van der Waals surface area contributed by atoms with Gasteiger partial charge < -0.3 is 10.6 Å². The van der Waals surface area contributed by atoms with Gasteiger partial charge in [-0.3, -0.25) is 4.79 Å². The van der Waals surface area contributed by atoms with E-state index < -0.39 is 0 Å². The molecule has 1 fully saturated rings. The molecule has 0 radical (unpaired) electrons. The minimum atomic E-state index is -0.159. The second-order valence-electron chi connectivity index (χ2n) is 6.13. The SMILES string of the molecule is CC1(C(=O)Nc2ccc3c(c2)CNCC3)CCCC1. The zero-order valence-electron chi connectivity index (χ0n) is 11.6. The topological polar surface area (TPSA) is 41.1 Å². The lowest BCUT2D eigenvalue weighted by Gasteiger charge is -2.23. The molecule has 19 heavy (non-hydrogen) atoms. The summed E-state index contributed by atoms with van der Waals surface area (Å²) in [4.78, 5) is 12.4. The highest BCUT2D eigenvalue weighted by Gasteiger charge is 2.36. The molecule has 0 atom stereocenters. The molecule has 1 aromatic carbocycles. The summed E-state index contributed by atoms with van der Waals surface area (Å²) >= 11 is 0. The molecular formula is C16H22N2O. The maximum Gasteiger partial charge on any atom is 0.230 e. The summed E-state index contributed by atoms with van der Waals surface area (Å²) in [6.07, 6.45) is 5.48. The Kier molecular flexibility index (Phi) is 3.31. The average molecular weight is 258 g/mol. The Balaban J connectivity index is 1.74. The molecule has 1 aliphatic heterocycles. The van der Waals surface area contributed by atoms with Crippen molar-refractivity contribution in [2.24, 2.45) is 5.41 Å². The Labute approximate surface area is 114 Å². The van der Waals surface area contributed by atoms with Crippen molar-refractivity contribution in [3.05, 3.63) is 29.3 Å². The summed E-state index contributed by atoms with van der Waals surface area (Å²) in [5.74, 6) is 0.189. The third-order valence-electron chi connectivity index (χ3n) is 4.61. The molecule has 0 aromatic heterocycles. The van der Waals surface area contributed by atoms with Gasteiger partial charge in [-0.05, 0) is 49.1 Å². The fourth-order valence-corrected chi connectivity index (χ4v) is 3.22. The van der Waals surface area contributed by atoms with Crippen LogP contribution in [-0.2, 0) is 17.8 Å². The van der Waals surface area contributed by atoms with Crippen molar-refractivity contribution in [3.8, 4) is 0 Å². The predicted molar refractivity (Wildman–Crippen MR) is 77.1 cm³/mol. The molecule has 2 aliphatic rings. The van der Waals surface area contributed by atoms with Crippen molar-refractivity contribution < 1.29 is 4.79 Å². The van der Waals surface area contributed by atoms with E-state index in [2.05, 4.69) is 29.7 Å². The van der Waals surface area contributed by atoms with E-state index in [4.69, 9.17) is 0 Å². The fraction of sp³-hybridized carbons (Fsp3) is 0.562. The third kappa shape index (κ3) is 2.52. The van der Waals surface area contributed by atoms with Crippen LogP contribution in [0.4, 0.5) is 5.69 Å². The summed E-state index contributed by atoms with van der Waals surface area (Å²) < 4.78 is 0. The highest BCUT2D eigenvalue weighted by Crippen LogP contribution is 2.38. The third-order valence-corrected chi connectivity index (χ3v) is 4.61. The second kappa shape index (κ2) is 4.97. The number of benzene rings is 1. The lowest BCUT2D eigenvalue weighted by atomic mass is 9.87. The average Bonchev–Trinajstić information content (AvgIpc) is 2.87. The molecule has 0 spiro atoms. The van der Waals surface area contributed by atoms with Crippen molar-refractivity contribution in [1.29, 1.82) is 0 Å². The zero-order chi connectivity index (χ0) is 13.3. The van der Waals surface area contributed by atoms with Crippen LogP contribution in [0.15, 0.2) is 18.2 Å². The minimum absolute atomic E-state index is 0.159. The molecule has 1 saturated carbocycles. The quantitative estimate of drug-likeness (QED) is 0.856. The van der Waals surface area contributed by atoms with Crippen molar-refractivity contribution in [2.45, 2.75) is 45.6 Å². The Morgan fingerprint density at radius 1 is 1.26 bits per heavy atom. The lowest BCUT2D eigenvalue weighted by molar-refractivity contribution is -0.124. The van der Waals surface area contributed by atoms with Gasteiger partial charge in [0.25, 0.3) is 0 Å². The molecule has 3 heteroatoms. The summed E-state index contributed by atoms with van der Waals surface area (Å²) in [7, 11) is 0. The van der Waals surface area contributed by atoms with Gasteiger partial charge in [0.15, 0.2) is 0 Å². The highest BCUT2D eigenvalue weighted by atomic mass is 16.2. The largest absolute Gasteiger partial charge is 0.326 e. The second-order valence-corrected chi connectivity index (χ2v) is 6.13. The summed E-state index contributed by atoms with van der Waals surface area (Å²) in [5.41, 5.74) is 3.51. The van der Waals surface area contributed by atoms with Gasteiger partial charge in [0.05, 0.1) is 0 Å². The van der Waals surface area contributed by atoms with Gasteiger partial charge in [-0.2, -0.15) is 0 Å². The number of nitrogens with one attached hydrogen (secondary N) is 2. The zero-order valence-corrected chi connectivity index (χ0v) is 11.6. The first-order valence-corrected chi connectivity index (χ1v) is 7.31. The summed E-state index contributed by atoms with van der Waals surface area (Å²) in [5, 5.41) is 6.48. The van der Waals surface area contributed by atoms with Crippen LogP contribution >= 0.6 is 0 Å². The maximum absolute atomic E-state index is 12.4. The Morgan fingerprint density at radius 2 is 2.05 bits per heavy atom. The number of rotatable bonds is 2. The number of carbonyl (C=O) groups is 1. The number of hydrogen-bond acceptors (Lipinski definition) is 2. The molecule has 1 aromatic rings. The van der Waals surface area contributed by atoms with E-state index >= 15 is 0 Å². The lowest BCUT2D eigenvalue weighted by Crippen LogP contribution is -2.31. The first-order chi connectivity index (χ1) is 9.17. The van der Waals surface area contributed by atoms with Gasteiger partial charge in [0.2, 0.25) is 5.91 Å². The van der Waals surface area contributed by atoms with Crippen LogP contribution in [0.25, 0.3) is 0 Å². The minimum Gasteiger partial charge on any atom is -0.326 e. The molecule has 0 bridgehead atoms. The van der Waals surface area contributed by atoms with E-state index in [1.165, 1.54) is 24.0 Å². The monoisotopic (exact) mass is 258 g/mol. The van der Waals surface area contributed by atoms with Gasteiger partial charge in [0.1, 0.15) is 0 Å². The van der Waals surface area contributed by atoms with Crippen LogP contribution in [0.5, 0.6) is 0 Å². The van der Waals surface area contributed by atoms with Crippen LogP contribution in [-0.4, -0.2) is 12.5 Å². The molecule has 0 unspecified atom stereocenters. The van der Waals surface area contributed by atoms with E-state index in [1.807, 2.05) is 6.07 Å². The Bertz CT molecular complexity index is 490. The Hall–Kier alpha value is -1.35. The van der Waals surface area contributed by atoms with Crippen LogP contribution < -0.4 is 10.6 Å². The van der Waals surface area contributed by atoms with Crippen molar-refractivity contribution in [3.63, 3.8) is 0 Å². The number of carbonyl (C=O) groups excluding carboxylic acids is 1. The van der Waals surface area contributed by atoms with Crippen molar-refractivity contribution in [2.75, 3.05) is 11.9 Å². The first-order valence-electron chi connectivity index (χ1n) is 7.31. The molecule has 0 saturated heterocycles. The van der Waals surface area contributed by atoms with E-state index in [0.29, 0.717) is 0 Å². The van der Waals surface area contributed by atoms with E-state index in [-0.39, 0.29) is 11.3 Å². The van der Waals surface area contributed by atoms with E-state index in [1.54, 1.807) is 0 Å². The number of amides is 1. The molecule has 102 valence electrons. The number of hydrogen-bond donors (Lipinski definition) is 2. The fourth-order valence-electron chi connectivity index (χ4n) is 3.22. The van der Waals surface area contributed by atoms with E-state index in [9.17, 15) is 4.79 Å². The first kappa shape index (κ1) is 12.7. The maximum atomic E-state index is 12.4. The van der Waals surface area contributed by atoms with Gasteiger partial charge in [-0.1, -0.05) is 25.8 Å². The Morgan fingerprint density at radius 3 is 2.84 bits per heavy atom. The predicted octanol–water partition coefficient (Wildman–Crippen LogP) is 2.85. The number of anilines is 1. The molecule has 1 heterocycles. The highest BCUT2D eigenvalue weighted by molar-refractivity contribution is 5.95. The van der Waals surface area contributed by atoms with E-state index in [0.717, 1.165) is 38.0 Å². The molecule has 3 nitrogen and oxygen atoms in total. The standard InChI is InChI=1S/C16H22N2O/c1-16(7-2-3-8-16)15(19)18-14-5-4-12-6-9-17-11-13(12)10-14/h4-5,10,17H,2-3,6-9,11H2,1H3,(H,18,19). The number of fused-ring (bicyclic) bond motifs is 1. The molecular weight excluding hydrogens is 236 g/mol. The molecule has 1 aliphatic carbocycles. The van der Waals surface area contributed by atoms with Crippen LogP contribution in [0.1, 0.15) is 43.7 Å². The summed E-state index contributed by atoms with van der Waals surface area (Å²) in [6, 6.07) is 6.32. The molecule has 2 N–H and O–H groups in total. The van der Waals surface area contributed by atoms with Crippen LogP contribution in [0.3, 0.4) is 0 Å². The molecule has 1 amide bonds. The van der Waals surface area contributed by atoms with Gasteiger partial charge in [0, 0.05) is 17.6 Å². The van der Waals surface area contributed by atoms with Crippen molar-refractivity contribution in [1.82, 2.24) is 5.32 Å². The normalized spacial score (nSPS) is 20.9. The van der Waals surface area contributed by atoms with Crippen molar-refractivity contribution >= 4 is 11.6 Å². The van der Waals surface area contributed by atoms with Gasteiger partial charge in [-0.25, -0.2) is 0 Å². The van der Waals surface area contributed by atoms with Crippen LogP contribution in [0, 0.1) is 5.41 Å². The van der Waals surface area contributed by atoms with Crippen LogP contribution in [0.2, 0.25) is 0 Å². The summed E-state index contributed by atoms with van der Waals surface area (Å²) in [6.45, 7) is 4.06. The molecule has 3 rings (SSSR count). The smallest absolute Gasteiger partial charge is 0.230 e.